The molecule has 0 radical (unpaired) electrons. The van der Waals surface area contributed by atoms with Crippen LogP contribution in [0, 0.1) is 0 Å². The molecule has 0 aromatic heterocycles. The third-order valence-electron chi connectivity index (χ3n) is 5.23. The number of carbonyl (C=O) groups is 1. The predicted molar refractivity (Wildman–Crippen MR) is 103 cm³/mol. The molecule has 2 N–H and O–H groups in total. The fourth-order valence-corrected chi connectivity index (χ4v) is 3.51. The van der Waals surface area contributed by atoms with Crippen molar-refractivity contribution in [3.05, 3.63) is 65.2 Å². The maximum atomic E-state index is 13.3. The van der Waals surface area contributed by atoms with Crippen LogP contribution in [0.5, 0.6) is 5.75 Å². The van der Waals surface area contributed by atoms with Crippen LogP contribution in [0.25, 0.3) is 0 Å². The minimum absolute atomic E-state index is 0.0138. The van der Waals surface area contributed by atoms with Crippen LogP contribution in [0.15, 0.2) is 53.5 Å². The molecular weight excluding hydrogens is 364 g/mol. The highest BCUT2D eigenvalue weighted by Gasteiger charge is 2.50. The lowest BCUT2D eigenvalue weighted by atomic mass is 9.77. The molecular formula is C21H23F2N3O2. The molecule has 5 nitrogen and oxygen atoms in total. The highest BCUT2D eigenvalue weighted by atomic mass is 19.3. The fourth-order valence-electron chi connectivity index (χ4n) is 3.51. The second-order valence-electron chi connectivity index (χ2n) is 6.84. The van der Waals surface area contributed by atoms with Crippen LogP contribution >= 0.6 is 0 Å². The van der Waals surface area contributed by atoms with Crippen LogP contribution in [0.4, 0.5) is 8.78 Å². The molecule has 1 aliphatic heterocycles. The van der Waals surface area contributed by atoms with E-state index in [2.05, 4.69) is 23.6 Å². The fraction of sp³-hybridized carbons (Fsp3) is 0.333. The van der Waals surface area contributed by atoms with E-state index in [0.717, 1.165) is 17.5 Å². The summed E-state index contributed by atoms with van der Waals surface area (Å²) in [6, 6.07) is 13.6. The largest absolute Gasteiger partial charge is 0.435 e. The first-order chi connectivity index (χ1) is 13.3. The zero-order valence-corrected chi connectivity index (χ0v) is 16.0. The van der Waals surface area contributed by atoms with Gasteiger partial charge in [-0.25, -0.2) is 4.99 Å². The van der Waals surface area contributed by atoms with Gasteiger partial charge in [0.05, 0.1) is 0 Å². The van der Waals surface area contributed by atoms with E-state index in [-0.39, 0.29) is 23.5 Å². The summed E-state index contributed by atoms with van der Waals surface area (Å²) in [5.74, 6) is 0.0321. The standard InChI is InChI=1S/C21H23F2N3O2/c1-4-13(2)16-7-5-6-8-17(16)21(18(27)26(3)20(24)25-21)14-9-11-15(12-10-14)28-19(22)23/h5-13,19H,4H2,1-3H3,(H2,24,25). The van der Waals surface area contributed by atoms with Gasteiger partial charge in [0.2, 0.25) is 0 Å². The molecule has 0 saturated carbocycles. The van der Waals surface area contributed by atoms with Crippen LogP contribution in [-0.4, -0.2) is 30.4 Å². The van der Waals surface area contributed by atoms with Gasteiger partial charge in [0, 0.05) is 7.05 Å². The minimum atomic E-state index is -2.92. The van der Waals surface area contributed by atoms with E-state index >= 15 is 0 Å². The highest BCUT2D eigenvalue weighted by Crippen LogP contribution is 2.43. The van der Waals surface area contributed by atoms with Crippen molar-refractivity contribution in [2.45, 2.75) is 38.3 Å². The molecule has 148 valence electrons. The molecule has 0 saturated heterocycles. The number of alkyl halides is 2. The first-order valence-electron chi connectivity index (χ1n) is 9.09. The molecule has 2 unspecified atom stereocenters. The zero-order chi connectivity index (χ0) is 20.5. The molecule has 7 heteroatoms. The van der Waals surface area contributed by atoms with Gasteiger partial charge in [-0.3, -0.25) is 9.69 Å². The van der Waals surface area contributed by atoms with Gasteiger partial charge >= 0.3 is 6.61 Å². The van der Waals surface area contributed by atoms with Crippen LogP contribution in [-0.2, 0) is 10.3 Å². The third-order valence-corrected chi connectivity index (χ3v) is 5.23. The number of nitrogens with two attached hydrogens (primary N) is 1. The van der Waals surface area contributed by atoms with E-state index in [0.29, 0.717) is 5.56 Å². The topological polar surface area (TPSA) is 67.9 Å². The Balaban J connectivity index is 2.21. The molecule has 1 aliphatic rings. The Bertz CT molecular complexity index is 899. The second kappa shape index (κ2) is 7.58. The first kappa shape index (κ1) is 19.8. The molecule has 28 heavy (non-hydrogen) atoms. The SMILES string of the molecule is CCC(C)c1ccccc1C1(c2ccc(OC(F)F)cc2)N=C(N)N(C)C1=O. The number of hydrogen-bond acceptors (Lipinski definition) is 4. The summed E-state index contributed by atoms with van der Waals surface area (Å²) >= 11 is 0. The van der Waals surface area contributed by atoms with Gasteiger partial charge in [-0.15, -0.1) is 0 Å². The quantitative estimate of drug-likeness (QED) is 0.819. The van der Waals surface area contributed by atoms with Crippen molar-refractivity contribution < 1.29 is 18.3 Å². The van der Waals surface area contributed by atoms with Crippen molar-refractivity contribution in [2.24, 2.45) is 10.7 Å². The molecule has 2 atom stereocenters. The summed E-state index contributed by atoms with van der Waals surface area (Å²) in [6.45, 7) is 1.24. The van der Waals surface area contributed by atoms with E-state index in [9.17, 15) is 13.6 Å². The van der Waals surface area contributed by atoms with Gasteiger partial charge in [-0.05, 0) is 41.2 Å². The number of nitrogens with zero attached hydrogens (tertiary/aromatic N) is 2. The average molecular weight is 387 g/mol. The number of guanidine groups is 1. The maximum Gasteiger partial charge on any atom is 0.387 e. The Morgan fingerprint density at radius 1 is 1.18 bits per heavy atom. The maximum absolute atomic E-state index is 13.3. The molecule has 1 heterocycles. The van der Waals surface area contributed by atoms with Gasteiger partial charge < -0.3 is 10.5 Å². The number of carbonyl (C=O) groups excluding carboxylic acids is 1. The average Bonchev–Trinajstić information content (AvgIpc) is 2.92. The Morgan fingerprint density at radius 2 is 1.82 bits per heavy atom. The summed E-state index contributed by atoms with van der Waals surface area (Å²) in [6.07, 6.45) is 0.886. The lowest BCUT2D eigenvalue weighted by Crippen LogP contribution is -2.41. The van der Waals surface area contributed by atoms with Crippen LogP contribution in [0.2, 0.25) is 0 Å². The number of rotatable bonds is 6. The third kappa shape index (κ3) is 3.21. The predicted octanol–water partition coefficient (Wildman–Crippen LogP) is 3.83. The Kier molecular flexibility index (Phi) is 5.36. The van der Waals surface area contributed by atoms with Gasteiger partial charge in [0.25, 0.3) is 5.91 Å². The van der Waals surface area contributed by atoms with Crippen molar-refractivity contribution in [3.8, 4) is 5.75 Å². The Labute approximate surface area is 162 Å². The summed E-state index contributed by atoms with van der Waals surface area (Å²) in [5, 5.41) is 0. The lowest BCUT2D eigenvalue weighted by Gasteiger charge is -2.29. The summed E-state index contributed by atoms with van der Waals surface area (Å²) < 4.78 is 29.4. The van der Waals surface area contributed by atoms with Gasteiger partial charge in [0.15, 0.2) is 11.5 Å². The highest BCUT2D eigenvalue weighted by molar-refractivity contribution is 6.09. The minimum Gasteiger partial charge on any atom is -0.435 e. The first-order valence-corrected chi connectivity index (χ1v) is 9.09. The summed E-state index contributed by atoms with van der Waals surface area (Å²) in [4.78, 5) is 19.2. The molecule has 2 aromatic rings. The van der Waals surface area contributed by atoms with Crippen molar-refractivity contribution in [3.63, 3.8) is 0 Å². The van der Waals surface area contributed by atoms with Crippen molar-refractivity contribution in [2.75, 3.05) is 7.05 Å². The molecule has 0 aliphatic carbocycles. The van der Waals surface area contributed by atoms with E-state index in [1.165, 1.54) is 17.0 Å². The monoisotopic (exact) mass is 387 g/mol. The van der Waals surface area contributed by atoms with E-state index in [1.54, 1.807) is 19.2 Å². The summed E-state index contributed by atoms with van der Waals surface area (Å²) in [5.41, 5.74) is 6.93. The van der Waals surface area contributed by atoms with E-state index in [1.807, 2.05) is 24.3 Å². The number of aliphatic imine (C=N–C) groups is 1. The van der Waals surface area contributed by atoms with Crippen molar-refractivity contribution in [1.29, 1.82) is 0 Å². The number of amides is 1. The van der Waals surface area contributed by atoms with E-state index in [4.69, 9.17) is 5.73 Å². The normalized spacial score (nSPS) is 20.4. The molecule has 0 spiro atoms. The van der Waals surface area contributed by atoms with Crippen LogP contribution in [0.1, 0.15) is 42.9 Å². The number of likely N-dealkylation sites (N-methyl/N-ethyl adjacent to an activating group) is 1. The number of halogens is 2. The lowest BCUT2D eigenvalue weighted by molar-refractivity contribution is -0.129. The molecule has 3 rings (SSSR count). The number of ether oxygens (including phenoxy) is 1. The smallest absolute Gasteiger partial charge is 0.387 e. The Hall–Kier alpha value is -2.96. The molecule has 0 fully saturated rings. The number of hydrogen-bond donors (Lipinski definition) is 1. The summed E-state index contributed by atoms with van der Waals surface area (Å²) in [7, 11) is 1.57. The zero-order valence-electron chi connectivity index (χ0n) is 16.0. The van der Waals surface area contributed by atoms with Crippen LogP contribution < -0.4 is 10.5 Å². The van der Waals surface area contributed by atoms with Crippen molar-refractivity contribution in [1.82, 2.24) is 4.90 Å². The molecule has 0 bridgehead atoms. The van der Waals surface area contributed by atoms with Gasteiger partial charge in [-0.2, -0.15) is 8.78 Å². The second-order valence-corrected chi connectivity index (χ2v) is 6.84. The van der Waals surface area contributed by atoms with Crippen LogP contribution in [0.3, 0.4) is 0 Å². The van der Waals surface area contributed by atoms with Gasteiger partial charge in [-0.1, -0.05) is 50.2 Å². The Morgan fingerprint density at radius 3 is 2.36 bits per heavy atom. The molecule has 2 aromatic carbocycles. The van der Waals surface area contributed by atoms with Crippen molar-refractivity contribution >= 4 is 11.9 Å². The van der Waals surface area contributed by atoms with E-state index < -0.39 is 12.2 Å². The molecule has 1 amide bonds. The van der Waals surface area contributed by atoms with Gasteiger partial charge in [0.1, 0.15) is 5.75 Å². The number of benzene rings is 2.